The first-order chi connectivity index (χ1) is 8.19. The van der Waals surface area contributed by atoms with Crippen LogP contribution in [0.1, 0.15) is 12.0 Å². The van der Waals surface area contributed by atoms with Crippen molar-refractivity contribution in [3.63, 3.8) is 0 Å². The number of rotatable bonds is 3. The third-order valence-corrected chi connectivity index (χ3v) is 2.51. The zero-order valence-corrected chi connectivity index (χ0v) is 10.3. The van der Waals surface area contributed by atoms with Crippen LogP contribution < -0.4 is 0 Å². The van der Waals surface area contributed by atoms with Crippen LogP contribution in [0.2, 0.25) is 10.0 Å². The monoisotopic (exact) mass is 298 g/mol. The van der Waals surface area contributed by atoms with E-state index in [2.05, 4.69) is 0 Å². The van der Waals surface area contributed by atoms with Crippen LogP contribution in [-0.2, 0) is 4.79 Å². The van der Waals surface area contributed by atoms with Crippen molar-refractivity contribution in [3.8, 4) is 0 Å². The third-order valence-electron chi connectivity index (χ3n) is 1.97. The van der Waals surface area contributed by atoms with Crippen LogP contribution in [0.5, 0.6) is 0 Å². The van der Waals surface area contributed by atoms with E-state index in [0.717, 1.165) is 0 Å². The van der Waals surface area contributed by atoms with Crippen LogP contribution in [0.25, 0.3) is 5.57 Å². The van der Waals surface area contributed by atoms with Crippen LogP contribution >= 0.6 is 23.2 Å². The highest BCUT2D eigenvalue weighted by Gasteiger charge is 2.30. The third kappa shape index (κ3) is 4.58. The largest absolute Gasteiger partial charge is 0.478 e. The summed E-state index contributed by atoms with van der Waals surface area (Å²) in [6.07, 6.45) is -5.41. The number of carboxylic acid groups (broad SMARTS) is 1. The summed E-state index contributed by atoms with van der Waals surface area (Å²) < 4.78 is 37.0. The molecule has 1 rings (SSSR count). The lowest BCUT2D eigenvalue weighted by Crippen LogP contribution is -2.09. The molecule has 98 valence electrons. The molecule has 1 N–H and O–H groups in total. The van der Waals surface area contributed by atoms with Gasteiger partial charge in [0.2, 0.25) is 0 Å². The van der Waals surface area contributed by atoms with E-state index in [-0.39, 0.29) is 15.6 Å². The molecule has 0 saturated carbocycles. The molecule has 0 heterocycles. The summed E-state index contributed by atoms with van der Waals surface area (Å²) in [7, 11) is 0. The van der Waals surface area contributed by atoms with Crippen molar-refractivity contribution in [2.45, 2.75) is 12.6 Å². The Morgan fingerprint density at radius 2 is 1.94 bits per heavy atom. The number of benzene rings is 1. The predicted octanol–water partition coefficient (Wildman–Crippen LogP) is 4.41. The van der Waals surface area contributed by atoms with Crippen molar-refractivity contribution in [2.75, 3.05) is 0 Å². The van der Waals surface area contributed by atoms with Gasteiger partial charge in [-0.2, -0.15) is 13.2 Å². The summed E-state index contributed by atoms with van der Waals surface area (Å²) in [5.74, 6) is -1.47. The standard InChI is InChI=1S/C11H7Cl2F3O2/c12-7-1-2-8(9(13)4-7)6(3-10(17)18)5-11(14,15)16/h1-4H,5H2,(H,17,18)/b6-3+. The number of allylic oxidation sites excluding steroid dienone is 1. The lowest BCUT2D eigenvalue weighted by atomic mass is 10.0. The highest BCUT2D eigenvalue weighted by atomic mass is 35.5. The molecular formula is C11H7Cl2F3O2. The molecule has 0 aliphatic carbocycles. The highest BCUT2D eigenvalue weighted by Crippen LogP contribution is 2.34. The van der Waals surface area contributed by atoms with Gasteiger partial charge in [-0.15, -0.1) is 0 Å². The van der Waals surface area contributed by atoms with Gasteiger partial charge in [0.15, 0.2) is 0 Å². The maximum atomic E-state index is 12.3. The predicted molar refractivity (Wildman–Crippen MR) is 62.7 cm³/mol. The van der Waals surface area contributed by atoms with Gasteiger partial charge in [0, 0.05) is 16.1 Å². The number of hydrogen-bond acceptors (Lipinski definition) is 1. The fraction of sp³-hybridized carbons (Fsp3) is 0.182. The Hall–Kier alpha value is -1.20. The first-order valence-corrected chi connectivity index (χ1v) is 5.40. The molecule has 0 saturated heterocycles. The fourth-order valence-corrected chi connectivity index (χ4v) is 1.87. The van der Waals surface area contributed by atoms with Gasteiger partial charge in [-0.1, -0.05) is 29.3 Å². The minimum Gasteiger partial charge on any atom is -0.478 e. The van der Waals surface area contributed by atoms with E-state index in [1.54, 1.807) is 0 Å². The molecule has 0 amide bonds. The summed E-state index contributed by atoms with van der Waals surface area (Å²) in [4.78, 5) is 10.5. The van der Waals surface area contributed by atoms with E-state index in [0.29, 0.717) is 6.08 Å². The molecular weight excluding hydrogens is 292 g/mol. The lowest BCUT2D eigenvalue weighted by Gasteiger charge is -2.12. The lowest BCUT2D eigenvalue weighted by molar-refractivity contribution is -0.131. The molecule has 0 atom stereocenters. The van der Waals surface area contributed by atoms with Crippen LogP contribution in [0.3, 0.4) is 0 Å². The number of alkyl halides is 3. The number of aliphatic carboxylic acids is 1. The number of carboxylic acids is 1. The van der Waals surface area contributed by atoms with Crippen molar-refractivity contribution < 1.29 is 23.1 Å². The molecule has 0 bridgehead atoms. The molecule has 7 heteroatoms. The Morgan fingerprint density at radius 3 is 2.39 bits per heavy atom. The van der Waals surface area contributed by atoms with Crippen molar-refractivity contribution >= 4 is 34.7 Å². The molecule has 18 heavy (non-hydrogen) atoms. The average Bonchev–Trinajstić information content (AvgIpc) is 2.12. The van der Waals surface area contributed by atoms with Gasteiger partial charge in [0.25, 0.3) is 0 Å². The Bertz CT molecular complexity index is 496. The maximum absolute atomic E-state index is 12.3. The molecule has 0 aliphatic heterocycles. The number of halogens is 5. The SMILES string of the molecule is O=C(O)/C=C(\CC(F)(F)F)c1ccc(Cl)cc1Cl. The molecule has 0 fully saturated rings. The molecule has 1 aromatic carbocycles. The van der Waals surface area contributed by atoms with E-state index in [1.165, 1.54) is 18.2 Å². The first kappa shape index (κ1) is 14.9. The van der Waals surface area contributed by atoms with Gasteiger partial charge in [-0.25, -0.2) is 4.79 Å². The molecule has 0 unspecified atom stereocenters. The summed E-state index contributed by atoms with van der Waals surface area (Å²) in [6.45, 7) is 0. The van der Waals surface area contributed by atoms with E-state index in [1.807, 2.05) is 0 Å². The van der Waals surface area contributed by atoms with E-state index < -0.39 is 24.1 Å². The van der Waals surface area contributed by atoms with Crippen molar-refractivity contribution in [1.82, 2.24) is 0 Å². The van der Waals surface area contributed by atoms with E-state index >= 15 is 0 Å². The maximum Gasteiger partial charge on any atom is 0.393 e. The quantitative estimate of drug-likeness (QED) is 0.839. The number of hydrogen-bond donors (Lipinski definition) is 1. The Morgan fingerprint density at radius 1 is 1.33 bits per heavy atom. The van der Waals surface area contributed by atoms with Crippen LogP contribution in [0, 0.1) is 0 Å². The van der Waals surface area contributed by atoms with Gasteiger partial charge < -0.3 is 5.11 Å². The summed E-state index contributed by atoms with van der Waals surface area (Å²) in [5, 5.41) is 8.80. The van der Waals surface area contributed by atoms with Crippen LogP contribution in [0.15, 0.2) is 24.3 Å². The van der Waals surface area contributed by atoms with Crippen LogP contribution in [0.4, 0.5) is 13.2 Å². The van der Waals surface area contributed by atoms with Gasteiger partial charge in [-0.05, 0) is 23.3 Å². The van der Waals surface area contributed by atoms with Crippen molar-refractivity contribution in [1.29, 1.82) is 0 Å². The second-order valence-electron chi connectivity index (χ2n) is 3.42. The van der Waals surface area contributed by atoms with Gasteiger partial charge in [-0.3, -0.25) is 0 Å². The minimum absolute atomic E-state index is 0.000733. The molecule has 0 spiro atoms. The topological polar surface area (TPSA) is 37.3 Å². The second kappa shape index (κ2) is 5.63. The Labute approximate surface area is 111 Å². The minimum atomic E-state index is -4.52. The average molecular weight is 299 g/mol. The van der Waals surface area contributed by atoms with E-state index in [9.17, 15) is 18.0 Å². The fourth-order valence-electron chi connectivity index (χ4n) is 1.34. The summed E-state index contributed by atoms with van der Waals surface area (Å²) >= 11 is 11.4. The first-order valence-electron chi connectivity index (χ1n) is 4.65. The summed E-state index contributed by atoms with van der Waals surface area (Å²) in [5.41, 5.74) is -0.419. The van der Waals surface area contributed by atoms with E-state index in [4.69, 9.17) is 28.3 Å². The highest BCUT2D eigenvalue weighted by molar-refractivity contribution is 6.35. The molecule has 0 aliphatic rings. The smallest absolute Gasteiger partial charge is 0.393 e. The second-order valence-corrected chi connectivity index (χ2v) is 4.27. The molecule has 0 radical (unpaired) electrons. The van der Waals surface area contributed by atoms with Crippen molar-refractivity contribution in [3.05, 3.63) is 39.9 Å². The van der Waals surface area contributed by atoms with Crippen LogP contribution in [-0.4, -0.2) is 17.3 Å². The summed E-state index contributed by atoms with van der Waals surface area (Å²) in [6, 6.07) is 3.85. The van der Waals surface area contributed by atoms with Gasteiger partial charge in [0.1, 0.15) is 0 Å². The molecule has 2 nitrogen and oxygen atoms in total. The molecule has 1 aromatic rings. The Kier molecular flexibility index (Phi) is 4.65. The normalized spacial score (nSPS) is 12.6. The van der Waals surface area contributed by atoms with Gasteiger partial charge in [0.05, 0.1) is 6.42 Å². The zero-order chi connectivity index (χ0) is 13.9. The molecule has 0 aromatic heterocycles. The Balaban J connectivity index is 3.22. The number of carbonyl (C=O) groups is 1. The van der Waals surface area contributed by atoms with Gasteiger partial charge >= 0.3 is 12.1 Å². The van der Waals surface area contributed by atoms with Crippen molar-refractivity contribution in [2.24, 2.45) is 0 Å². The zero-order valence-electron chi connectivity index (χ0n) is 8.76.